The van der Waals surface area contributed by atoms with Crippen molar-refractivity contribution in [2.24, 2.45) is 0 Å². The summed E-state index contributed by atoms with van der Waals surface area (Å²) < 4.78 is 25.1. The molecule has 0 saturated carbocycles. The van der Waals surface area contributed by atoms with Gasteiger partial charge in [0.05, 0.1) is 23.4 Å². The predicted molar refractivity (Wildman–Crippen MR) is 139 cm³/mol. The third-order valence-corrected chi connectivity index (χ3v) is 7.00. The second-order valence-electron chi connectivity index (χ2n) is 9.57. The normalized spacial score (nSPS) is 17.7. The highest BCUT2D eigenvalue weighted by atomic mass is 35.5. The third-order valence-electron chi connectivity index (χ3n) is 5.52. The number of amides is 1. The first kappa shape index (κ1) is 26.2. The molecule has 0 radical (unpaired) electrons. The predicted octanol–water partition coefficient (Wildman–Crippen LogP) is 6.42. The largest absolute Gasteiger partial charge is 0.447 e. The number of anilines is 2. The minimum absolute atomic E-state index is 0.151. The maximum Gasteiger partial charge on any atom is 0.416 e. The molecule has 1 saturated heterocycles. The molecule has 0 unspecified atom stereocenters. The van der Waals surface area contributed by atoms with Crippen LogP contribution in [0.4, 0.5) is 21.0 Å². The van der Waals surface area contributed by atoms with E-state index in [1.165, 1.54) is 22.3 Å². The Labute approximate surface area is 218 Å². The average molecular weight is 534 g/mol. The van der Waals surface area contributed by atoms with Crippen LogP contribution < -0.4 is 10.2 Å². The van der Waals surface area contributed by atoms with Gasteiger partial charge in [0.2, 0.25) is 5.95 Å². The quantitative estimate of drug-likeness (QED) is 0.357. The molecule has 1 amide bonds. The van der Waals surface area contributed by atoms with Gasteiger partial charge in [0.1, 0.15) is 30.1 Å². The van der Waals surface area contributed by atoms with Crippen molar-refractivity contribution in [2.45, 2.75) is 65.1 Å². The van der Waals surface area contributed by atoms with Crippen LogP contribution in [-0.2, 0) is 16.1 Å². The fraction of sp³-hybridized carbons (Fsp3) is 0.440. The van der Waals surface area contributed by atoms with Crippen LogP contribution >= 0.6 is 22.9 Å². The summed E-state index contributed by atoms with van der Waals surface area (Å²) >= 11 is 7.51. The Morgan fingerprint density at radius 1 is 1.28 bits per heavy atom. The summed E-state index contributed by atoms with van der Waals surface area (Å²) in [6.07, 6.45) is 0.895. The van der Waals surface area contributed by atoms with E-state index in [1.54, 1.807) is 6.20 Å². The topological polar surface area (TPSA) is 89.5 Å². The van der Waals surface area contributed by atoms with Gasteiger partial charge in [0.25, 0.3) is 0 Å². The minimum Gasteiger partial charge on any atom is -0.447 e. The summed E-state index contributed by atoms with van der Waals surface area (Å²) in [5, 5.41) is 4.73. The average Bonchev–Trinajstić information content (AvgIpc) is 3.45. The maximum atomic E-state index is 13.7. The van der Waals surface area contributed by atoms with Crippen LogP contribution in [0.5, 0.6) is 0 Å². The third kappa shape index (κ3) is 6.11. The molecule has 2 aromatic heterocycles. The van der Waals surface area contributed by atoms with Gasteiger partial charge in [-0.2, -0.15) is 4.98 Å². The van der Waals surface area contributed by atoms with E-state index in [2.05, 4.69) is 20.3 Å². The van der Waals surface area contributed by atoms with Crippen molar-refractivity contribution in [2.75, 3.05) is 16.8 Å². The van der Waals surface area contributed by atoms with Crippen LogP contribution in [0.15, 0.2) is 36.5 Å². The molecule has 3 atom stereocenters. The number of thiazole rings is 1. The van der Waals surface area contributed by atoms with E-state index in [1.807, 2.05) is 58.9 Å². The lowest BCUT2D eigenvalue weighted by Crippen LogP contribution is -2.45. The van der Waals surface area contributed by atoms with Crippen molar-refractivity contribution < 1.29 is 18.7 Å². The molecule has 36 heavy (non-hydrogen) atoms. The van der Waals surface area contributed by atoms with Crippen LogP contribution in [0, 0.1) is 0 Å². The van der Waals surface area contributed by atoms with Gasteiger partial charge in [-0.05, 0) is 46.8 Å². The Kier molecular flexibility index (Phi) is 7.77. The van der Waals surface area contributed by atoms with Gasteiger partial charge in [-0.3, -0.25) is 4.90 Å². The number of hydrogen-bond acceptors (Lipinski definition) is 8. The van der Waals surface area contributed by atoms with E-state index in [-0.39, 0.29) is 36.2 Å². The first-order valence-corrected chi connectivity index (χ1v) is 12.8. The number of halogens is 2. The molecule has 4 rings (SSSR count). The molecule has 0 bridgehead atoms. The summed E-state index contributed by atoms with van der Waals surface area (Å²) in [5.74, 6) is 0.465. The summed E-state index contributed by atoms with van der Waals surface area (Å²) in [6, 6.07) is 8.31. The number of cyclic esters (lactones) is 1. The molecule has 11 heteroatoms. The first-order chi connectivity index (χ1) is 17.0. The lowest BCUT2D eigenvalue weighted by atomic mass is 10.1. The molecule has 1 aromatic carbocycles. The number of carbonyl (C=O) groups excluding carboxylic acids is 1. The van der Waals surface area contributed by atoms with Crippen molar-refractivity contribution in [3.05, 3.63) is 52.1 Å². The Bertz CT molecular complexity index is 1220. The fourth-order valence-corrected chi connectivity index (χ4v) is 4.95. The standard InChI is InChI=1S/C25H29ClFN5O3S/c1-14(20-12-28-22(36-20)16-6-8-17(26)9-7-16)29-23-30-18(11-27)10-21(31-23)32-19(13-34-24(32)33)15(2)35-25(3,4)5/h6-10,12,14-15,19H,11,13H2,1-5H3,(H,29,30,31)/t14-,15+,19+/m0/s1. The highest BCUT2D eigenvalue weighted by Gasteiger charge is 2.40. The Balaban J connectivity index is 1.56. The van der Waals surface area contributed by atoms with Gasteiger partial charge < -0.3 is 14.8 Å². The number of aromatic nitrogens is 3. The maximum absolute atomic E-state index is 13.7. The molecule has 1 N–H and O–H groups in total. The molecule has 3 aromatic rings. The number of rotatable bonds is 8. The lowest BCUT2D eigenvalue weighted by molar-refractivity contribution is -0.0618. The van der Waals surface area contributed by atoms with E-state index in [9.17, 15) is 9.18 Å². The Morgan fingerprint density at radius 2 is 2.00 bits per heavy atom. The van der Waals surface area contributed by atoms with E-state index >= 15 is 0 Å². The number of carbonyl (C=O) groups is 1. The highest BCUT2D eigenvalue weighted by molar-refractivity contribution is 7.15. The molecule has 1 aliphatic heterocycles. The molecule has 192 valence electrons. The molecule has 1 aliphatic rings. The fourth-order valence-electron chi connectivity index (χ4n) is 3.90. The van der Waals surface area contributed by atoms with Crippen molar-refractivity contribution in [1.29, 1.82) is 0 Å². The van der Waals surface area contributed by atoms with Crippen molar-refractivity contribution in [3.8, 4) is 10.6 Å². The molecule has 3 heterocycles. The second kappa shape index (κ2) is 10.7. The number of nitrogens with zero attached hydrogens (tertiary/aromatic N) is 4. The number of ether oxygens (including phenoxy) is 2. The zero-order valence-electron chi connectivity index (χ0n) is 20.8. The molecule has 0 spiro atoms. The van der Waals surface area contributed by atoms with E-state index in [0.717, 1.165) is 15.4 Å². The van der Waals surface area contributed by atoms with Gasteiger partial charge in [-0.25, -0.2) is 19.2 Å². The van der Waals surface area contributed by atoms with Gasteiger partial charge >= 0.3 is 6.09 Å². The number of nitrogens with one attached hydrogen (secondary N) is 1. The zero-order chi connectivity index (χ0) is 26.0. The molecule has 8 nitrogen and oxygen atoms in total. The Morgan fingerprint density at radius 3 is 2.67 bits per heavy atom. The van der Waals surface area contributed by atoms with E-state index < -0.39 is 24.4 Å². The monoisotopic (exact) mass is 533 g/mol. The summed E-state index contributed by atoms with van der Waals surface area (Å²) in [6.45, 7) is 9.00. The van der Waals surface area contributed by atoms with Gasteiger partial charge in [-0.1, -0.05) is 23.7 Å². The van der Waals surface area contributed by atoms with Crippen LogP contribution in [0.3, 0.4) is 0 Å². The van der Waals surface area contributed by atoms with E-state index in [4.69, 9.17) is 21.1 Å². The second-order valence-corrected chi connectivity index (χ2v) is 11.1. The molecule has 1 fully saturated rings. The zero-order valence-corrected chi connectivity index (χ0v) is 22.4. The first-order valence-electron chi connectivity index (χ1n) is 11.6. The summed E-state index contributed by atoms with van der Waals surface area (Å²) in [5.41, 5.74) is 0.712. The molecular weight excluding hydrogens is 505 g/mol. The highest BCUT2D eigenvalue weighted by Crippen LogP contribution is 2.32. The smallest absolute Gasteiger partial charge is 0.416 e. The van der Waals surface area contributed by atoms with Crippen molar-refractivity contribution >= 4 is 40.8 Å². The van der Waals surface area contributed by atoms with Gasteiger partial charge in [-0.15, -0.1) is 11.3 Å². The lowest BCUT2D eigenvalue weighted by Gasteiger charge is -2.31. The minimum atomic E-state index is -0.804. The summed E-state index contributed by atoms with van der Waals surface area (Å²) in [4.78, 5) is 28.3. The van der Waals surface area contributed by atoms with Crippen LogP contribution in [0.2, 0.25) is 5.02 Å². The number of alkyl halides is 1. The SMILES string of the molecule is C[C@H](Nc1nc(CF)cc(N2C(=O)OC[C@@H]2[C@@H](C)OC(C)(C)C)n1)c1cnc(-c2ccc(Cl)cc2)s1. The summed E-state index contributed by atoms with van der Waals surface area (Å²) in [7, 11) is 0. The van der Waals surface area contributed by atoms with Crippen LogP contribution in [-0.4, -0.2) is 45.4 Å². The van der Waals surface area contributed by atoms with Crippen LogP contribution in [0.1, 0.15) is 51.2 Å². The van der Waals surface area contributed by atoms with Gasteiger partial charge in [0.15, 0.2) is 0 Å². The van der Waals surface area contributed by atoms with Crippen molar-refractivity contribution in [3.63, 3.8) is 0 Å². The molecule has 0 aliphatic carbocycles. The Hall–Kier alpha value is -2.82. The number of benzene rings is 1. The van der Waals surface area contributed by atoms with Crippen LogP contribution in [0.25, 0.3) is 10.6 Å². The van der Waals surface area contributed by atoms with Crippen molar-refractivity contribution in [1.82, 2.24) is 15.0 Å². The van der Waals surface area contributed by atoms with Gasteiger partial charge in [0, 0.05) is 27.7 Å². The number of hydrogen-bond donors (Lipinski definition) is 1. The van der Waals surface area contributed by atoms with E-state index in [0.29, 0.717) is 5.02 Å². The molecular formula is C25H29ClFN5O3S.